The standard InChI is InChI=1S/C24H23N3OS/c1-2-17-8-5-9-21-22(17)25-24(29-21)27-14-12-26(13-15-27)23(28)20-11-10-18-6-3-4-7-19(18)16-20/h3-11,16H,2,12-15H2,1H3. The van der Waals surface area contributed by atoms with Crippen molar-refractivity contribution in [3.63, 3.8) is 0 Å². The molecule has 0 unspecified atom stereocenters. The zero-order chi connectivity index (χ0) is 19.8. The van der Waals surface area contributed by atoms with Gasteiger partial charge in [-0.25, -0.2) is 4.98 Å². The van der Waals surface area contributed by atoms with Crippen molar-refractivity contribution in [3.8, 4) is 0 Å². The molecule has 0 N–H and O–H groups in total. The Hall–Kier alpha value is -2.92. The number of para-hydroxylation sites is 1. The van der Waals surface area contributed by atoms with Crippen molar-refractivity contribution < 1.29 is 4.79 Å². The summed E-state index contributed by atoms with van der Waals surface area (Å²) in [6.07, 6.45) is 0.995. The molecule has 5 rings (SSSR count). The lowest BCUT2D eigenvalue weighted by atomic mass is 10.1. The number of amides is 1. The fraction of sp³-hybridized carbons (Fsp3) is 0.250. The van der Waals surface area contributed by atoms with E-state index in [1.165, 1.54) is 10.3 Å². The van der Waals surface area contributed by atoms with Gasteiger partial charge in [0.25, 0.3) is 5.91 Å². The van der Waals surface area contributed by atoms with Gasteiger partial charge >= 0.3 is 0 Å². The Morgan fingerprint density at radius 1 is 0.966 bits per heavy atom. The van der Waals surface area contributed by atoms with Crippen LogP contribution in [0.25, 0.3) is 21.0 Å². The maximum atomic E-state index is 13.0. The van der Waals surface area contributed by atoms with Crippen LogP contribution in [0.15, 0.2) is 60.7 Å². The molecule has 4 nitrogen and oxygen atoms in total. The number of piperazine rings is 1. The number of benzene rings is 3. The predicted octanol–water partition coefficient (Wildman–Crippen LogP) is 4.97. The van der Waals surface area contributed by atoms with Gasteiger partial charge in [-0.3, -0.25) is 4.79 Å². The van der Waals surface area contributed by atoms with E-state index in [9.17, 15) is 4.79 Å². The predicted molar refractivity (Wildman–Crippen MR) is 121 cm³/mol. The fourth-order valence-electron chi connectivity index (χ4n) is 4.02. The maximum Gasteiger partial charge on any atom is 0.253 e. The number of nitrogens with zero attached hydrogens (tertiary/aromatic N) is 3. The molecule has 3 aromatic carbocycles. The number of rotatable bonds is 3. The van der Waals surface area contributed by atoms with E-state index in [1.54, 1.807) is 11.3 Å². The Kier molecular flexibility index (Phi) is 4.68. The van der Waals surface area contributed by atoms with E-state index in [2.05, 4.69) is 42.2 Å². The number of anilines is 1. The quantitative estimate of drug-likeness (QED) is 0.486. The van der Waals surface area contributed by atoms with Crippen molar-refractivity contribution in [2.75, 3.05) is 31.1 Å². The Labute approximate surface area is 174 Å². The van der Waals surface area contributed by atoms with Gasteiger partial charge in [-0.15, -0.1) is 0 Å². The fourth-order valence-corrected chi connectivity index (χ4v) is 5.09. The second-order valence-corrected chi connectivity index (χ2v) is 8.46. The number of aryl methyl sites for hydroxylation is 1. The first-order valence-corrected chi connectivity index (χ1v) is 11.0. The van der Waals surface area contributed by atoms with Gasteiger partial charge in [0.15, 0.2) is 5.13 Å². The first-order chi connectivity index (χ1) is 14.2. The Morgan fingerprint density at radius 3 is 2.55 bits per heavy atom. The number of carbonyl (C=O) groups excluding carboxylic acids is 1. The monoisotopic (exact) mass is 401 g/mol. The zero-order valence-corrected chi connectivity index (χ0v) is 17.3. The highest BCUT2D eigenvalue weighted by atomic mass is 32.1. The molecule has 1 aliphatic heterocycles. The van der Waals surface area contributed by atoms with E-state index < -0.39 is 0 Å². The van der Waals surface area contributed by atoms with Crippen LogP contribution in [-0.2, 0) is 6.42 Å². The van der Waals surface area contributed by atoms with Crippen molar-refractivity contribution in [1.29, 1.82) is 0 Å². The van der Waals surface area contributed by atoms with Gasteiger partial charge in [0, 0.05) is 31.7 Å². The molecule has 1 amide bonds. The maximum absolute atomic E-state index is 13.0. The van der Waals surface area contributed by atoms with Crippen LogP contribution in [0.1, 0.15) is 22.8 Å². The van der Waals surface area contributed by atoms with Crippen LogP contribution >= 0.6 is 11.3 Å². The van der Waals surface area contributed by atoms with Crippen LogP contribution in [0.5, 0.6) is 0 Å². The van der Waals surface area contributed by atoms with Gasteiger partial charge < -0.3 is 9.80 Å². The third-order valence-electron chi connectivity index (χ3n) is 5.71. The van der Waals surface area contributed by atoms with Gasteiger partial charge in [-0.2, -0.15) is 0 Å². The van der Waals surface area contributed by atoms with E-state index in [4.69, 9.17) is 4.98 Å². The smallest absolute Gasteiger partial charge is 0.253 e. The van der Waals surface area contributed by atoms with Crippen molar-refractivity contribution in [3.05, 3.63) is 71.8 Å². The van der Waals surface area contributed by atoms with Crippen molar-refractivity contribution >= 4 is 43.4 Å². The van der Waals surface area contributed by atoms with Crippen LogP contribution in [0.2, 0.25) is 0 Å². The van der Waals surface area contributed by atoms with Gasteiger partial charge in [-0.1, -0.05) is 60.7 Å². The molecular weight excluding hydrogens is 378 g/mol. The van der Waals surface area contributed by atoms with Gasteiger partial charge in [0.05, 0.1) is 10.2 Å². The summed E-state index contributed by atoms with van der Waals surface area (Å²) in [6.45, 7) is 5.26. The first-order valence-electron chi connectivity index (χ1n) is 10.1. The summed E-state index contributed by atoms with van der Waals surface area (Å²) in [7, 11) is 0. The Balaban J connectivity index is 1.31. The molecule has 1 aromatic heterocycles. The number of hydrogen-bond donors (Lipinski definition) is 0. The minimum Gasteiger partial charge on any atom is -0.345 e. The molecule has 29 heavy (non-hydrogen) atoms. The molecule has 4 aromatic rings. The van der Waals surface area contributed by atoms with Crippen molar-refractivity contribution in [2.24, 2.45) is 0 Å². The second kappa shape index (κ2) is 7.48. The highest BCUT2D eigenvalue weighted by molar-refractivity contribution is 7.22. The lowest BCUT2D eigenvalue weighted by Crippen LogP contribution is -2.48. The lowest BCUT2D eigenvalue weighted by Gasteiger charge is -2.34. The highest BCUT2D eigenvalue weighted by Crippen LogP contribution is 2.31. The molecule has 0 radical (unpaired) electrons. The third kappa shape index (κ3) is 3.36. The summed E-state index contributed by atoms with van der Waals surface area (Å²) in [6, 6.07) is 20.6. The molecule has 0 saturated carbocycles. The molecule has 0 bridgehead atoms. The largest absolute Gasteiger partial charge is 0.345 e. The van der Waals surface area contributed by atoms with E-state index >= 15 is 0 Å². The number of carbonyl (C=O) groups is 1. The number of thiazole rings is 1. The molecule has 5 heteroatoms. The first kappa shape index (κ1) is 18.1. The van der Waals surface area contributed by atoms with Gasteiger partial charge in [0.2, 0.25) is 0 Å². The molecular formula is C24H23N3OS. The second-order valence-electron chi connectivity index (χ2n) is 7.46. The summed E-state index contributed by atoms with van der Waals surface area (Å²) >= 11 is 1.75. The van der Waals surface area contributed by atoms with Crippen LogP contribution in [-0.4, -0.2) is 42.0 Å². The zero-order valence-electron chi connectivity index (χ0n) is 16.5. The average molecular weight is 402 g/mol. The minimum atomic E-state index is 0.118. The Bertz CT molecular complexity index is 1190. The molecule has 0 aliphatic carbocycles. The Morgan fingerprint density at radius 2 is 1.76 bits per heavy atom. The molecule has 0 atom stereocenters. The number of aromatic nitrogens is 1. The topological polar surface area (TPSA) is 36.4 Å². The van der Waals surface area contributed by atoms with E-state index in [0.29, 0.717) is 0 Å². The van der Waals surface area contributed by atoms with Gasteiger partial charge in [-0.05, 0) is 41.0 Å². The summed E-state index contributed by atoms with van der Waals surface area (Å²) in [4.78, 5) is 22.2. The van der Waals surface area contributed by atoms with Crippen molar-refractivity contribution in [1.82, 2.24) is 9.88 Å². The van der Waals surface area contributed by atoms with E-state index in [-0.39, 0.29) is 5.91 Å². The van der Waals surface area contributed by atoms with Gasteiger partial charge in [0.1, 0.15) is 0 Å². The van der Waals surface area contributed by atoms with E-state index in [1.807, 2.05) is 35.2 Å². The summed E-state index contributed by atoms with van der Waals surface area (Å²) < 4.78 is 1.24. The number of hydrogen-bond acceptors (Lipinski definition) is 4. The van der Waals surface area contributed by atoms with Crippen molar-refractivity contribution in [2.45, 2.75) is 13.3 Å². The minimum absolute atomic E-state index is 0.118. The van der Waals surface area contributed by atoms with Crippen LogP contribution < -0.4 is 4.90 Å². The molecule has 146 valence electrons. The van der Waals surface area contributed by atoms with Crippen LogP contribution in [0, 0.1) is 0 Å². The molecule has 0 spiro atoms. The average Bonchev–Trinajstić information content (AvgIpc) is 3.23. The lowest BCUT2D eigenvalue weighted by molar-refractivity contribution is 0.0747. The van der Waals surface area contributed by atoms with Crippen LogP contribution in [0.4, 0.5) is 5.13 Å². The number of fused-ring (bicyclic) bond motifs is 2. The molecule has 2 heterocycles. The molecule has 1 saturated heterocycles. The highest BCUT2D eigenvalue weighted by Gasteiger charge is 2.24. The summed E-state index contributed by atoms with van der Waals surface area (Å²) in [5.74, 6) is 0.118. The molecule has 1 aliphatic rings. The summed E-state index contributed by atoms with van der Waals surface area (Å²) in [5.41, 5.74) is 3.20. The third-order valence-corrected chi connectivity index (χ3v) is 6.79. The SMILES string of the molecule is CCc1cccc2sc(N3CCN(C(=O)c4ccc5ccccc5c4)CC3)nc12. The summed E-state index contributed by atoms with van der Waals surface area (Å²) in [5, 5.41) is 3.34. The molecule has 1 fully saturated rings. The van der Waals surface area contributed by atoms with E-state index in [0.717, 1.165) is 59.6 Å². The normalized spacial score (nSPS) is 14.7. The van der Waals surface area contributed by atoms with Crippen LogP contribution in [0.3, 0.4) is 0 Å².